The molecule has 1 atom stereocenters. The van der Waals surface area contributed by atoms with Gasteiger partial charge >= 0.3 is 0 Å². The maximum Gasteiger partial charge on any atom is 0.256 e. The topological polar surface area (TPSA) is 38.3 Å². The minimum atomic E-state index is -1.67. The molecule has 7 heteroatoms. The lowest BCUT2D eigenvalue weighted by atomic mass is 10.2. The van der Waals surface area contributed by atoms with E-state index in [2.05, 4.69) is 5.32 Å². The fourth-order valence-corrected chi connectivity index (χ4v) is 3.29. The second-order valence-corrected chi connectivity index (χ2v) is 8.07. The Morgan fingerprint density at radius 2 is 1.70 bits per heavy atom. The van der Waals surface area contributed by atoms with Crippen molar-refractivity contribution in [3.63, 3.8) is 0 Å². The van der Waals surface area contributed by atoms with Crippen LogP contribution in [0.15, 0.2) is 59.5 Å². The molecule has 2 aromatic carbocycles. The average Bonchev–Trinajstić information content (AvgIpc) is 2.54. The lowest BCUT2D eigenvalue weighted by molar-refractivity contribution is 0.0947. The maximum atomic E-state index is 12.5. The Kier molecular flexibility index (Phi) is 6.48. The normalized spacial score (nSPS) is 12.5. The molecule has 0 unspecified atom stereocenters. The van der Waals surface area contributed by atoms with Crippen LogP contribution in [0.3, 0.4) is 0 Å². The monoisotopic (exact) mass is 389 g/mol. The summed E-state index contributed by atoms with van der Waals surface area (Å²) in [7, 11) is 1.50. The van der Waals surface area contributed by atoms with Crippen LogP contribution >= 0.6 is 46.6 Å². The van der Waals surface area contributed by atoms with E-state index in [1.54, 1.807) is 24.3 Å². The second kappa shape index (κ2) is 8.15. The SMILES string of the molecule is COc1ccccc1C(=O)N[C@@H](Sc1ccccc1)C(Cl)(Cl)Cl. The zero-order valence-electron chi connectivity index (χ0n) is 12.1. The van der Waals surface area contributed by atoms with E-state index in [1.807, 2.05) is 30.3 Å². The third kappa shape index (κ3) is 5.21. The van der Waals surface area contributed by atoms with Crippen LogP contribution in [0, 0.1) is 0 Å². The Morgan fingerprint density at radius 1 is 1.09 bits per heavy atom. The molecular weight excluding hydrogens is 377 g/mol. The molecule has 0 spiro atoms. The highest BCUT2D eigenvalue weighted by Gasteiger charge is 2.35. The highest BCUT2D eigenvalue weighted by molar-refractivity contribution is 8.00. The molecular formula is C16H14Cl3NO2S. The summed E-state index contributed by atoms with van der Waals surface area (Å²) in [6.45, 7) is 0. The number of ether oxygens (including phenoxy) is 1. The number of nitrogens with one attached hydrogen (secondary N) is 1. The van der Waals surface area contributed by atoms with Gasteiger partial charge in [-0.25, -0.2) is 0 Å². The molecule has 0 aliphatic rings. The molecule has 0 aliphatic heterocycles. The Hall–Kier alpha value is -1.07. The highest BCUT2D eigenvalue weighted by atomic mass is 35.6. The zero-order chi connectivity index (χ0) is 16.9. The number of rotatable bonds is 5. The van der Waals surface area contributed by atoms with Crippen molar-refractivity contribution in [3.05, 3.63) is 60.2 Å². The third-order valence-corrected chi connectivity index (χ3v) is 5.20. The second-order valence-electron chi connectivity index (χ2n) is 4.53. The molecule has 1 N–H and O–H groups in total. The van der Waals surface area contributed by atoms with Gasteiger partial charge in [0.15, 0.2) is 0 Å². The van der Waals surface area contributed by atoms with Crippen LogP contribution in [0.4, 0.5) is 0 Å². The van der Waals surface area contributed by atoms with E-state index in [0.29, 0.717) is 11.3 Å². The van der Waals surface area contributed by atoms with Crippen LogP contribution in [0.5, 0.6) is 5.75 Å². The predicted octanol–water partition coefficient (Wildman–Crippen LogP) is 4.91. The molecule has 0 fully saturated rings. The number of methoxy groups -OCH3 is 1. The Labute approximate surface area is 154 Å². The molecule has 3 nitrogen and oxygen atoms in total. The summed E-state index contributed by atoms with van der Waals surface area (Å²) in [6.07, 6.45) is 0. The van der Waals surface area contributed by atoms with Crippen LogP contribution < -0.4 is 10.1 Å². The van der Waals surface area contributed by atoms with Crippen molar-refractivity contribution < 1.29 is 9.53 Å². The van der Waals surface area contributed by atoms with Gasteiger partial charge in [0, 0.05) is 4.90 Å². The van der Waals surface area contributed by atoms with Crippen LogP contribution in [-0.2, 0) is 0 Å². The smallest absolute Gasteiger partial charge is 0.256 e. The molecule has 0 saturated carbocycles. The number of carbonyl (C=O) groups excluding carboxylic acids is 1. The molecule has 0 aromatic heterocycles. The summed E-state index contributed by atoms with van der Waals surface area (Å²) in [5.41, 5.74) is 0.378. The maximum absolute atomic E-state index is 12.5. The van der Waals surface area contributed by atoms with Crippen molar-refractivity contribution in [1.82, 2.24) is 5.32 Å². The van der Waals surface area contributed by atoms with Crippen LogP contribution in [-0.4, -0.2) is 22.2 Å². The van der Waals surface area contributed by atoms with Gasteiger partial charge in [-0.05, 0) is 24.3 Å². The summed E-state index contributed by atoms with van der Waals surface area (Å²) in [4.78, 5) is 13.4. The van der Waals surface area contributed by atoms with E-state index in [9.17, 15) is 4.79 Å². The average molecular weight is 391 g/mol. The molecule has 2 aromatic rings. The third-order valence-electron chi connectivity index (χ3n) is 2.91. The largest absolute Gasteiger partial charge is 0.496 e. The van der Waals surface area contributed by atoms with Crippen molar-refractivity contribution in [2.75, 3.05) is 7.11 Å². The molecule has 0 radical (unpaired) electrons. The molecule has 122 valence electrons. The molecule has 0 saturated heterocycles. The summed E-state index contributed by atoms with van der Waals surface area (Å²) in [6, 6.07) is 16.3. The van der Waals surface area contributed by atoms with Crippen LogP contribution in [0.2, 0.25) is 0 Å². The number of hydrogen-bond acceptors (Lipinski definition) is 3. The van der Waals surface area contributed by atoms with E-state index in [-0.39, 0.29) is 5.91 Å². The number of alkyl halides is 3. The van der Waals surface area contributed by atoms with Crippen molar-refractivity contribution in [3.8, 4) is 5.75 Å². The number of carbonyl (C=O) groups is 1. The lowest BCUT2D eigenvalue weighted by Crippen LogP contribution is -2.41. The molecule has 2 rings (SSSR count). The van der Waals surface area contributed by atoms with Crippen molar-refractivity contribution in [1.29, 1.82) is 0 Å². The van der Waals surface area contributed by atoms with Gasteiger partial charge in [-0.1, -0.05) is 76.9 Å². The van der Waals surface area contributed by atoms with E-state index >= 15 is 0 Å². The first-order valence-electron chi connectivity index (χ1n) is 6.64. The van der Waals surface area contributed by atoms with Gasteiger partial charge in [-0.2, -0.15) is 0 Å². The molecule has 0 aliphatic carbocycles. The van der Waals surface area contributed by atoms with Gasteiger partial charge in [0.1, 0.15) is 11.1 Å². The standard InChI is InChI=1S/C16H14Cl3NO2S/c1-22-13-10-6-5-9-12(13)14(21)20-15(16(17,18)19)23-11-7-3-2-4-8-11/h2-10,15H,1H3,(H,20,21)/t15-/m0/s1. The predicted molar refractivity (Wildman–Crippen MR) is 96.8 cm³/mol. The van der Waals surface area contributed by atoms with E-state index < -0.39 is 9.17 Å². The van der Waals surface area contributed by atoms with Crippen LogP contribution in [0.1, 0.15) is 10.4 Å². The summed E-state index contributed by atoms with van der Waals surface area (Å²) < 4.78 is 3.52. The number of halogens is 3. The first-order chi connectivity index (χ1) is 10.9. The number of benzene rings is 2. The van der Waals surface area contributed by atoms with E-state index in [1.165, 1.54) is 18.9 Å². The van der Waals surface area contributed by atoms with E-state index in [0.717, 1.165) is 4.90 Å². The lowest BCUT2D eigenvalue weighted by Gasteiger charge is -2.25. The summed E-state index contributed by atoms with van der Waals surface area (Å²) >= 11 is 19.3. The molecule has 23 heavy (non-hydrogen) atoms. The first-order valence-corrected chi connectivity index (χ1v) is 8.65. The minimum Gasteiger partial charge on any atom is -0.496 e. The quantitative estimate of drug-likeness (QED) is 0.448. The van der Waals surface area contributed by atoms with Gasteiger partial charge in [-0.15, -0.1) is 0 Å². The zero-order valence-corrected chi connectivity index (χ0v) is 15.2. The van der Waals surface area contributed by atoms with Crippen molar-refractivity contribution >= 4 is 52.5 Å². The number of hydrogen-bond donors (Lipinski definition) is 1. The molecule has 0 bridgehead atoms. The van der Waals surface area contributed by atoms with Crippen LogP contribution in [0.25, 0.3) is 0 Å². The fraction of sp³-hybridized carbons (Fsp3) is 0.188. The van der Waals surface area contributed by atoms with Gasteiger partial charge < -0.3 is 10.1 Å². The molecule has 0 heterocycles. The Bertz CT molecular complexity index is 662. The number of amides is 1. The van der Waals surface area contributed by atoms with Gasteiger partial charge in [0.25, 0.3) is 5.91 Å². The van der Waals surface area contributed by atoms with Crippen molar-refractivity contribution in [2.24, 2.45) is 0 Å². The first kappa shape index (κ1) is 18.3. The summed E-state index contributed by atoms with van der Waals surface area (Å²) in [5.74, 6) is 0.0833. The van der Waals surface area contributed by atoms with Gasteiger partial charge in [0.05, 0.1) is 12.7 Å². The van der Waals surface area contributed by atoms with Crippen molar-refractivity contribution in [2.45, 2.75) is 14.1 Å². The highest BCUT2D eigenvalue weighted by Crippen LogP contribution is 2.39. The Balaban J connectivity index is 2.19. The fourth-order valence-electron chi connectivity index (χ4n) is 1.84. The minimum absolute atomic E-state index is 0.373. The Morgan fingerprint density at radius 3 is 2.30 bits per heavy atom. The molecule has 1 amide bonds. The number of thioether (sulfide) groups is 1. The summed E-state index contributed by atoms with van der Waals surface area (Å²) in [5, 5.41) is 1.99. The number of para-hydroxylation sites is 1. The van der Waals surface area contributed by atoms with E-state index in [4.69, 9.17) is 39.5 Å². The van der Waals surface area contributed by atoms with Gasteiger partial charge in [-0.3, -0.25) is 4.79 Å². The van der Waals surface area contributed by atoms with Gasteiger partial charge in [0.2, 0.25) is 3.79 Å².